The Morgan fingerprint density at radius 2 is 2.00 bits per heavy atom. The molecule has 1 atom stereocenters. The molecule has 0 heterocycles. The van der Waals surface area contributed by atoms with Crippen LogP contribution in [0.3, 0.4) is 0 Å². The highest BCUT2D eigenvalue weighted by Crippen LogP contribution is 2.11. The van der Waals surface area contributed by atoms with Crippen LogP contribution in [0.1, 0.15) is 6.92 Å². The maximum absolute atomic E-state index is 12.0. The van der Waals surface area contributed by atoms with Crippen molar-refractivity contribution in [3.05, 3.63) is 0 Å². The van der Waals surface area contributed by atoms with Crippen LogP contribution in [-0.2, 0) is 4.74 Å². The molecule has 8 heavy (non-hydrogen) atoms. The van der Waals surface area contributed by atoms with Gasteiger partial charge in [0.1, 0.15) is 6.67 Å². The van der Waals surface area contributed by atoms with Crippen LogP contribution in [0, 0.1) is 0 Å². The number of halogens is 3. The molecule has 50 valence electrons. The van der Waals surface area contributed by atoms with E-state index in [9.17, 15) is 13.2 Å². The van der Waals surface area contributed by atoms with Crippen LogP contribution in [0.5, 0.6) is 0 Å². The first-order valence-electron chi connectivity index (χ1n) is 2.07. The molecule has 0 rings (SSSR count). The van der Waals surface area contributed by atoms with Crippen LogP contribution in [-0.4, -0.2) is 19.4 Å². The van der Waals surface area contributed by atoms with E-state index >= 15 is 0 Å². The third-order valence-electron chi connectivity index (χ3n) is 0.594. The quantitative estimate of drug-likeness (QED) is 0.560. The molecule has 1 unspecified atom stereocenters. The van der Waals surface area contributed by atoms with Gasteiger partial charge in [-0.2, -0.15) is 0 Å². The van der Waals surface area contributed by atoms with Gasteiger partial charge in [-0.25, -0.2) is 13.2 Å². The molecule has 0 amide bonds. The summed E-state index contributed by atoms with van der Waals surface area (Å²) in [7, 11) is 0. The fraction of sp³-hybridized carbons (Fsp3) is 1.00. The van der Waals surface area contributed by atoms with Gasteiger partial charge in [0.2, 0.25) is 5.85 Å². The Kier molecular flexibility index (Phi) is 2.82. The Labute approximate surface area is 45.4 Å². The van der Waals surface area contributed by atoms with Crippen LogP contribution < -0.4 is 0 Å². The van der Waals surface area contributed by atoms with Gasteiger partial charge in [-0.05, 0) is 6.92 Å². The molecular weight excluding hydrogens is 121 g/mol. The first-order valence-corrected chi connectivity index (χ1v) is 2.07. The van der Waals surface area contributed by atoms with Crippen molar-refractivity contribution in [1.82, 2.24) is 0 Å². The van der Waals surface area contributed by atoms with Crippen LogP contribution in [0.25, 0.3) is 0 Å². The minimum atomic E-state index is -2.45. The molecule has 0 aliphatic carbocycles. The molecule has 0 saturated heterocycles. The molecule has 0 aromatic heterocycles. The number of ether oxygens (including phenoxy) is 1. The molecular formula is C4H7F3O. The molecule has 0 saturated carbocycles. The van der Waals surface area contributed by atoms with Gasteiger partial charge in [0, 0.05) is 0 Å². The van der Waals surface area contributed by atoms with Crippen molar-refractivity contribution >= 4 is 0 Å². The van der Waals surface area contributed by atoms with Crippen LogP contribution in [0.15, 0.2) is 0 Å². The van der Waals surface area contributed by atoms with E-state index < -0.39 is 19.4 Å². The Morgan fingerprint density at radius 3 is 2.12 bits per heavy atom. The van der Waals surface area contributed by atoms with Gasteiger partial charge in [-0.1, -0.05) is 0 Å². The SMILES string of the molecule is CC(F)(CF)OCF. The zero-order valence-electron chi connectivity index (χ0n) is 4.46. The molecule has 1 nitrogen and oxygen atoms in total. The van der Waals surface area contributed by atoms with Gasteiger partial charge in [0.15, 0.2) is 6.86 Å². The lowest BCUT2D eigenvalue weighted by molar-refractivity contribution is -0.167. The Hall–Kier alpha value is -0.250. The van der Waals surface area contributed by atoms with Crippen molar-refractivity contribution in [2.75, 3.05) is 13.5 Å². The molecule has 0 bridgehead atoms. The van der Waals surface area contributed by atoms with Gasteiger partial charge < -0.3 is 4.74 Å². The number of rotatable bonds is 3. The van der Waals surface area contributed by atoms with E-state index in [2.05, 4.69) is 4.74 Å². The number of hydrogen-bond donors (Lipinski definition) is 0. The smallest absolute Gasteiger partial charge is 0.237 e. The van der Waals surface area contributed by atoms with Crippen molar-refractivity contribution in [2.24, 2.45) is 0 Å². The molecule has 0 spiro atoms. The van der Waals surface area contributed by atoms with Crippen molar-refractivity contribution < 1.29 is 17.9 Å². The van der Waals surface area contributed by atoms with Crippen LogP contribution >= 0.6 is 0 Å². The maximum Gasteiger partial charge on any atom is 0.237 e. The molecule has 0 aliphatic heterocycles. The predicted octanol–water partition coefficient (Wildman–Crippen LogP) is 1.59. The fourth-order valence-corrected chi connectivity index (χ4v) is 0.152. The van der Waals surface area contributed by atoms with Gasteiger partial charge >= 0.3 is 0 Å². The van der Waals surface area contributed by atoms with Gasteiger partial charge in [-0.15, -0.1) is 0 Å². The first kappa shape index (κ1) is 7.75. The summed E-state index contributed by atoms with van der Waals surface area (Å²) < 4.78 is 38.0. The monoisotopic (exact) mass is 128 g/mol. The van der Waals surface area contributed by atoms with Crippen LogP contribution in [0.4, 0.5) is 13.2 Å². The molecule has 0 aromatic rings. The van der Waals surface area contributed by atoms with Crippen LogP contribution in [0.2, 0.25) is 0 Å². The fourth-order valence-electron chi connectivity index (χ4n) is 0.152. The average Bonchev–Trinajstić information content (AvgIpc) is 1.67. The van der Waals surface area contributed by atoms with Crippen molar-refractivity contribution in [2.45, 2.75) is 12.8 Å². The largest absolute Gasteiger partial charge is 0.312 e. The van der Waals surface area contributed by atoms with E-state index in [1.54, 1.807) is 0 Å². The van der Waals surface area contributed by atoms with E-state index in [1.807, 2.05) is 0 Å². The second-order valence-electron chi connectivity index (χ2n) is 1.49. The summed E-state index contributed by atoms with van der Waals surface area (Å²) >= 11 is 0. The summed E-state index contributed by atoms with van der Waals surface area (Å²) in [5, 5.41) is 0. The van der Waals surface area contributed by atoms with Gasteiger partial charge in [0.05, 0.1) is 0 Å². The molecule has 0 aliphatic rings. The van der Waals surface area contributed by atoms with E-state index in [1.165, 1.54) is 0 Å². The summed E-state index contributed by atoms with van der Waals surface area (Å²) in [6.07, 6.45) is 0. The maximum atomic E-state index is 12.0. The topological polar surface area (TPSA) is 9.23 Å². The summed E-state index contributed by atoms with van der Waals surface area (Å²) in [5.74, 6) is -2.45. The lowest BCUT2D eigenvalue weighted by Crippen LogP contribution is -2.24. The number of alkyl halides is 3. The summed E-state index contributed by atoms with van der Waals surface area (Å²) in [4.78, 5) is 0. The summed E-state index contributed by atoms with van der Waals surface area (Å²) in [5.41, 5.74) is 0. The summed E-state index contributed by atoms with van der Waals surface area (Å²) in [6, 6.07) is 0. The third kappa shape index (κ3) is 2.85. The standard InChI is InChI=1S/C4H7F3O/c1-4(7,2-5)8-3-6/h2-3H2,1H3. The molecule has 0 N–H and O–H groups in total. The first-order chi connectivity index (χ1) is 3.62. The van der Waals surface area contributed by atoms with E-state index in [-0.39, 0.29) is 0 Å². The zero-order valence-corrected chi connectivity index (χ0v) is 4.46. The number of hydrogen-bond acceptors (Lipinski definition) is 1. The van der Waals surface area contributed by atoms with E-state index in [4.69, 9.17) is 0 Å². The van der Waals surface area contributed by atoms with Gasteiger partial charge in [0.25, 0.3) is 0 Å². The normalized spacial score (nSPS) is 18.0. The highest BCUT2D eigenvalue weighted by Gasteiger charge is 2.22. The highest BCUT2D eigenvalue weighted by atomic mass is 19.2. The molecule has 4 heteroatoms. The van der Waals surface area contributed by atoms with Crippen molar-refractivity contribution in [3.63, 3.8) is 0 Å². The molecule has 0 aromatic carbocycles. The van der Waals surface area contributed by atoms with Gasteiger partial charge in [-0.3, -0.25) is 0 Å². The summed E-state index contributed by atoms with van der Waals surface area (Å²) in [6.45, 7) is -1.79. The third-order valence-corrected chi connectivity index (χ3v) is 0.594. The Balaban J connectivity index is 3.37. The minimum Gasteiger partial charge on any atom is -0.312 e. The molecule has 0 fully saturated rings. The Bertz CT molecular complexity index is 64.3. The molecule has 0 radical (unpaired) electrons. The second-order valence-corrected chi connectivity index (χ2v) is 1.49. The Morgan fingerprint density at radius 1 is 1.50 bits per heavy atom. The van der Waals surface area contributed by atoms with E-state index in [0.717, 1.165) is 6.92 Å². The average molecular weight is 128 g/mol. The van der Waals surface area contributed by atoms with Crippen molar-refractivity contribution in [3.8, 4) is 0 Å². The lowest BCUT2D eigenvalue weighted by atomic mass is 10.4. The van der Waals surface area contributed by atoms with Crippen molar-refractivity contribution in [1.29, 1.82) is 0 Å². The highest BCUT2D eigenvalue weighted by molar-refractivity contribution is 4.54. The minimum absolute atomic E-state index is 0.826. The lowest BCUT2D eigenvalue weighted by Gasteiger charge is -2.12. The predicted molar refractivity (Wildman–Crippen MR) is 22.5 cm³/mol. The van der Waals surface area contributed by atoms with E-state index in [0.29, 0.717) is 0 Å². The zero-order chi connectivity index (χ0) is 6.62. The second kappa shape index (κ2) is 2.91.